The molecule has 1 aromatic heterocycles. The summed E-state index contributed by atoms with van der Waals surface area (Å²) in [6.07, 6.45) is 6.30. The maximum absolute atomic E-state index is 13.2. The molecule has 132 valence electrons. The fourth-order valence-electron chi connectivity index (χ4n) is 4.30. The third-order valence-electron chi connectivity index (χ3n) is 5.60. The zero-order valence-corrected chi connectivity index (χ0v) is 14.8. The largest absolute Gasteiger partial charge is 0.342 e. The number of likely N-dealkylation sites (N-methyl/N-ethyl adjacent to an activating group) is 1. The highest BCUT2D eigenvalue weighted by molar-refractivity contribution is 5.86. The van der Waals surface area contributed by atoms with Gasteiger partial charge in [-0.25, -0.2) is 4.39 Å². The van der Waals surface area contributed by atoms with Crippen molar-refractivity contribution in [3.05, 3.63) is 65.2 Å². The predicted molar refractivity (Wildman–Crippen MR) is 97.9 cm³/mol. The van der Waals surface area contributed by atoms with Crippen LogP contribution < -0.4 is 0 Å². The van der Waals surface area contributed by atoms with Crippen molar-refractivity contribution < 1.29 is 9.18 Å². The van der Waals surface area contributed by atoms with E-state index in [2.05, 4.69) is 16.8 Å². The molecule has 3 atom stereocenters. The molecule has 0 N–H and O–H groups in total. The van der Waals surface area contributed by atoms with E-state index >= 15 is 0 Å². The quantitative estimate of drug-likeness (QED) is 0.736. The Morgan fingerprint density at radius 2 is 1.92 bits per heavy atom. The molecule has 0 bridgehead atoms. The van der Waals surface area contributed by atoms with Gasteiger partial charge in [-0.05, 0) is 49.1 Å². The van der Waals surface area contributed by atoms with Crippen LogP contribution in [0, 0.1) is 23.6 Å². The molecule has 2 unspecified atom stereocenters. The van der Waals surface area contributed by atoms with Crippen LogP contribution in [-0.2, 0) is 4.79 Å². The van der Waals surface area contributed by atoms with Crippen molar-refractivity contribution in [1.29, 1.82) is 0 Å². The minimum absolute atomic E-state index is 0.129. The number of carbonyl (C=O) groups excluding carboxylic acids is 1. The SMILES string of the molecule is CN1C(=O)[C@H](c2ccc(C#Cc3cccc(F)c3)cn2)C2CCCCC21. The molecule has 0 radical (unpaired) electrons. The lowest BCUT2D eigenvalue weighted by Crippen LogP contribution is -2.33. The molecule has 4 rings (SSSR count). The second-order valence-electron chi connectivity index (χ2n) is 7.17. The maximum Gasteiger partial charge on any atom is 0.232 e. The highest BCUT2D eigenvalue weighted by Crippen LogP contribution is 2.44. The van der Waals surface area contributed by atoms with E-state index in [4.69, 9.17) is 0 Å². The van der Waals surface area contributed by atoms with Crippen LogP contribution in [0.25, 0.3) is 0 Å². The van der Waals surface area contributed by atoms with E-state index in [1.807, 2.05) is 24.1 Å². The third kappa shape index (κ3) is 3.10. The summed E-state index contributed by atoms with van der Waals surface area (Å²) in [5.74, 6) is 6.09. The van der Waals surface area contributed by atoms with E-state index in [1.54, 1.807) is 18.3 Å². The van der Waals surface area contributed by atoms with Gasteiger partial charge in [0.25, 0.3) is 0 Å². The molecule has 1 amide bonds. The van der Waals surface area contributed by atoms with Gasteiger partial charge in [-0.15, -0.1) is 0 Å². The van der Waals surface area contributed by atoms with Crippen molar-refractivity contribution >= 4 is 5.91 Å². The number of pyridine rings is 1. The normalized spacial score (nSPS) is 24.8. The molecule has 2 heterocycles. The number of fused-ring (bicyclic) bond motifs is 1. The van der Waals surface area contributed by atoms with Gasteiger partial charge >= 0.3 is 0 Å². The first-order chi connectivity index (χ1) is 12.6. The van der Waals surface area contributed by atoms with E-state index in [0.717, 1.165) is 24.1 Å². The summed E-state index contributed by atoms with van der Waals surface area (Å²) in [4.78, 5) is 19.2. The van der Waals surface area contributed by atoms with E-state index in [1.165, 1.54) is 25.0 Å². The topological polar surface area (TPSA) is 33.2 Å². The fourth-order valence-corrected chi connectivity index (χ4v) is 4.30. The van der Waals surface area contributed by atoms with Crippen molar-refractivity contribution in [3.63, 3.8) is 0 Å². The second kappa shape index (κ2) is 6.92. The first-order valence-corrected chi connectivity index (χ1v) is 9.14. The molecule has 1 aromatic carbocycles. The van der Waals surface area contributed by atoms with Crippen LogP contribution in [0.5, 0.6) is 0 Å². The fraction of sp³-hybridized carbons (Fsp3) is 0.364. The van der Waals surface area contributed by atoms with Gasteiger partial charge in [0, 0.05) is 30.4 Å². The summed E-state index contributed by atoms with van der Waals surface area (Å²) < 4.78 is 13.2. The van der Waals surface area contributed by atoms with E-state index in [0.29, 0.717) is 17.5 Å². The van der Waals surface area contributed by atoms with Crippen LogP contribution in [0.2, 0.25) is 0 Å². The first-order valence-electron chi connectivity index (χ1n) is 9.14. The highest BCUT2D eigenvalue weighted by atomic mass is 19.1. The Bertz CT molecular complexity index is 881. The van der Waals surface area contributed by atoms with Crippen molar-refractivity contribution in [2.24, 2.45) is 5.92 Å². The summed E-state index contributed by atoms with van der Waals surface area (Å²) in [5.41, 5.74) is 2.23. The molecule has 2 aromatic rings. The predicted octanol–water partition coefficient (Wildman–Crippen LogP) is 3.73. The lowest BCUT2D eigenvalue weighted by molar-refractivity contribution is -0.128. The molecule has 0 spiro atoms. The van der Waals surface area contributed by atoms with Crippen molar-refractivity contribution in [2.75, 3.05) is 7.05 Å². The Morgan fingerprint density at radius 1 is 1.12 bits per heavy atom. The molecule has 1 aliphatic heterocycles. The van der Waals surface area contributed by atoms with E-state index < -0.39 is 0 Å². The van der Waals surface area contributed by atoms with Gasteiger partial charge in [-0.2, -0.15) is 0 Å². The number of carbonyl (C=O) groups is 1. The van der Waals surface area contributed by atoms with Gasteiger partial charge < -0.3 is 4.90 Å². The van der Waals surface area contributed by atoms with Gasteiger partial charge in [0.15, 0.2) is 0 Å². The summed E-state index contributed by atoms with van der Waals surface area (Å²) in [5, 5.41) is 0. The van der Waals surface area contributed by atoms with Crippen LogP contribution in [0.15, 0.2) is 42.6 Å². The van der Waals surface area contributed by atoms with Gasteiger partial charge in [0.05, 0.1) is 11.6 Å². The standard InChI is InChI=1S/C22H21FN2O/c1-25-20-8-3-2-7-18(20)21(22(25)26)19-12-11-16(14-24-19)10-9-15-5-4-6-17(23)13-15/h4-6,11-14,18,20-21H,2-3,7-8H2,1H3/t18?,20?,21-/m0/s1. The van der Waals surface area contributed by atoms with Gasteiger partial charge in [0.2, 0.25) is 5.91 Å². The molecule has 1 saturated carbocycles. The Kier molecular flexibility index (Phi) is 4.46. The van der Waals surface area contributed by atoms with Crippen molar-refractivity contribution in [2.45, 2.75) is 37.6 Å². The highest BCUT2D eigenvalue weighted by Gasteiger charge is 2.48. The molecular weight excluding hydrogens is 327 g/mol. The smallest absolute Gasteiger partial charge is 0.232 e. The number of halogens is 1. The molecule has 4 heteroatoms. The van der Waals surface area contributed by atoms with Crippen LogP contribution in [-0.4, -0.2) is 28.9 Å². The number of aromatic nitrogens is 1. The number of hydrogen-bond acceptors (Lipinski definition) is 2. The van der Waals surface area contributed by atoms with E-state index in [9.17, 15) is 9.18 Å². The summed E-state index contributed by atoms with van der Waals surface area (Å²) >= 11 is 0. The van der Waals surface area contributed by atoms with Crippen molar-refractivity contribution in [1.82, 2.24) is 9.88 Å². The molecule has 26 heavy (non-hydrogen) atoms. The molecule has 1 aliphatic carbocycles. The Balaban J connectivity index is 1.56. The maximum atomic E-state index is 13.2. The number of nitrogens with zero attached hydrogens (tertiary/aromatic N) is 2. The van der Waals surface area contributed by atoms with Crippen LogP contribution in [0.1, 0.15) is 48.4 Å². The number of rotatable bonds is 1. The summed E-state index contributed by atoms with van der Waals surface area (Å²) in [6.45, 7) is 0. The summed E-state index contributed by atoms with van der Waals surface area (Å²) in [6, 6.07) is 10.4. The lowest BCUT2D eigenvalue weighted by Gasteiger charge is -2.29. The molecule has 2 fully saturated rings. The number of hydrogen-bond donors (Lipinski definition) is 0. The first kappa shape index (κ1) is 16.8. The molecule has 2 aliphatic rings. The number of benzene rings is 1. The monoisotopic (exact) mass is 348 g/mol. The minimum atomic E-state index is -0.295. The molecule has 1 saturated heterocycles. The Hall–Kier alpha value is -2.67. The average molecular weight is 348 g/mol. The van der Waals surface area contributed by atoms with Gasteiger partial charge in [-0.3, -0.25) is 9.78 Å². The summed E-state index contributed by atoms with van der Waals surface area (Å²) in [7, 11) is 1.92. The number of likely N-dealkylation sites (tertiary alicyclic amines) is 1. The lowest BCUT2D eigenvalue weighted by atomic mass is 9.78. The molecular formula is C22H21FN2O. The zero-order valence-electron chi connectivity index (χ0n) is 14.8. The zero-order chi connectivity index (χ0) is 18.1. The van der Waals surface area contributed by atoms with Crippen LogP contribution in [0.3, 0.4) is 0 Å². The third-order valence-corrected chi connectivity index (χ3v) is 5.60. The number of amides is 1. The van der Waals surface area contributed by atoms with E-state index in [-0.39, 0.29) is 17.6 Å². The Labute approximate surface area is 153 Å². The van der Waals surface area contributed by atoms with Gasteiger partial charge in [-0.1, -0.05) is 30.7 Å². The second-order valence-corrected chi connectivity index (χ2v) is 7.17. The average Bonchev–Trinajstić information content (AvgIpc) is 2.92. The molecule has 3 nitrogen and oxygen atoms in total. The van der Waals surface area contributed by atoms with Crippen LogP contribution in [0.4, 0.5) is 4.39 Å². The van der Waals surface area contributed by atoms with Gasteiger partial charge in [0.1, 0.15) is 5.82 Å². The van der Waals surface area contributed by atoms with Crippen molar-refractivity contribution in [3.8, 4) is 11.8 Å². The Morgan fingerprint density at radius 3 is 2.69 bits per heavy atom. The van der Waals surface area contributed by atoms with Crippen LogP contribution >= 0.6 is 0 Å². The minimum Gasteiger partial charge on any atom is -0.342 e.